The molecule has 0 atom stereocenters. The maximum absolute atomic E-state index is 8.54. The van der Waals surface area contributed by atoms with Gasteiger partial charge in [0.2, 0.25) is 0 Å². The van der Waals surface area contributed by atoms with E-state index in [2.05, 4.69) is 33.4 Å². The number of rotatable bonds is 3. The Morgan fingerprint density at radius 2 is 2.00 bits per heavy atom. The highest BCUT2D eigenvalue weighted by Gasteiger charge is 2.10. The van der Waals surface area contributed by atoms with E-state index in [1.807, 2.05) is 6.08 Å². The van der Waals surface area contributed by atoms with Crippen LogP contribution >= 0.6 is 0 Å². The van der Waals surface area contributed by atoms with Gasteiger partial charge in [-0.1, -0.05) is 20.8 Å². The molecule has 0 aromatic rings. The summed E-state index contributed by atoms with van der Waals surface area (Å²) in [5.74, 6) is 0. The highest BCUT2D eigenvalue weighted by Crippen LogP contribution is 2.22. The van der Waals surface area contributed by atoms with Crippen LogP contribution in [0.3, 0.4) is 0 Å². The summed E-state index contributed by atoms with van der Waals surface area (Å²) in [7, 11) is 0. The monoisotopic (exact) mass is 168 g/mol. The minimum absolute atomic E-state index is 0.218. The zero-order valence-electron chi connectivity index (χ0n) is 8.65. The summed E-state index contributed by atoms with van der Waals surface area (Å²) in [5.41, 5.74) is 4.72. The van der Waals surface area contributed by atoms with E-state index >= 15 is 0 Å². The summed E-state index contributed by atoms with van der Waals surface area (Å²) < 4.78 is 0. The number of aliphatic hydroxyl groups is 1. The molecule has 0 radical (unpaired) electrons. The molecule has 0 rings (SSSR count). The number of allylic oxidation sites excluding steroid dienone is 1. The molecule has 0 amide bonds. The van der Waals surface area contributed by atoms with Crippen molar-refractivity contribution in [2.45, 2.75) is 40.5 Å². The molecule has 0 aliphatic carbocycles. The van der Waals surface area contributed by atoms with E-state index < -0.39 is 0 Å². The third-order valence-corrected chi connectivity index (χ3v) is 1.95. The van der Waals surface area contributed by atoms with Gasteiger partial charge in [-0.15, -0.1) is 5.73 Å². The smallest absolute Gasteiger partial charge is 0.0434 e. The van der Waals surface area contributed by atoms with Gasteiger partial charge < -0.3 is 5.11 Å². The molecule has 1 heteroatoms. The van der Waals surface area contributed by atoms with Gasteiger partial charge in [-0.3, -0.25) is 0 Å². The van der Waals surface area contributed by atoms with Gasteiger partial charge in [-0.25, -0.2) is 0 Å². The van der Waals surface area contributed by atoms with Crippen molar-refractivity contribution in [1.29, 1.82) is 0 Å². The molecule has 0 spiro atoms. The first-order valence-corrected chi connectivity index (χ1v) is 4.51. The second kappa shape index (κ2) is 5.18. The van der Waals surface area contributed by atoms with Gasteiger partial charge in [-0.05, 0) is 36.8 Å². The Hall–Kier alpha value is -0.520. The Morgan fingerprint density at radius 3 is 2.42 bits per heavy atom. The maximum Gasteiger partial charge on any atom is 0.0434 e. The Bertz CT molecular complexity index is 178. The van der Waals surface area contributed by atoms with Crippen LogP contribution in [0.5, 0.6) is 0 Å². The van der Waals surface area contributed by atoms with Gasteiger partial charge in [-0.2, -0.15) is 0 Å². The third kappa shape index (κ3) is 5.17. The molecule has 0 saturated carbocycles. The maximum atomic E-state index is 8.54. The molecule has 0 heterocycles. The summed E-state index contributed by atoms with van der Waals surface area (Å²) in [5, 5.41) is 8.54. The van der Waals surface area contributed by atoms with Crippen LogP contribution in [0.1, 0.15) is 40.5 Å². The summed E-state index contributed by atoms with van der Waals surface area (Å²) in [6.45, 7) is 8.89. The predicted octanol–water partition coefficient (Wildman–Crippen LogP) is 2.91. The number of hydrogen-bond acceptors (Lipinski definition) is 1. The van der Waals surface area contributed by atoms with E-state index in [9.17, 15) is 0 Å². The van der Waals surface area contributed by atoms with E-state index in [4.69, 9.17) is 5.11 Å². The van der Waals surface area contributed by atoms with Crippen LogP contribution in [-0.4, -0.2) is 11.7 Å². The lowest BCUT2D eigenvalue weighted by molar-refractivity contribution is 0.289. The van der Waals surface area contributed by atoms with Crippen LogP contribution in [0.4, 0.5) is 0 Å². The van der Waals surface area contributed by atoms with Gasteiger partial charge >= 0.3 is 0 Å². The molecule has 0 bridgehead atoms. The fourth-order valence-corrected chi connectivity index (χ4v) is 0.635. The van der Waals surface area contributed by atoms with Crippen molar-refractivity contribution >= 4 is 0 Å². The lowest BCUT2D eigenvalue weighted by atomic mass is 9.88. The summed E-state index contributed by atoms with van der Waals surface area (Å²) in [6.07, 6.45) is 3.77. The minimum Gasteiger partial charge on any atom is -0.396 e. The molecule has 0 saturated heterocycles. The minimum atomic E-state index is 0.218. The second-order valence-corrected chi connectivity index (χ2v) is 4.09. The van der Waals surface area contributed by atoms with Crippen molar-refractivity contribution in [1.82, 2.24) is 0 Å². The molecule has 12 heavy (non-hydrogen) atoms. The largest absolute Gasteiger partial charge is 0.396 e. The summed E-state index contributed by atoms with van der Waals surface area (Å²) >= 11 is 0. The average Bonchev–Trinajstić information content (AvgIpc) is 1.96. The van der Waals surface area contributed by atoms with Crippen LogP contribution in [0.25, 0.3) is 0 Å². The molecule has 0 aliphatic rings. The topological polar surface area (TPSA) is 20.2 Å². The molecule has 0 aromatic carbocycles. The van der Waals surface area contributed by atoms with Crippen molar-refractivity contribution in [2.24, 2.45) is 5.41 Å². The second-order valence-electron chi connectivity index (χ2n) is 4.09. The Morgan fingerprint density at radius 1 is 1.42 bits per heavy atom. The van der Waals surface area contributed by atoms with Gasteiger partial charge in [0.1, 0.15) is 0 Å². The van der Waals surface area contributed by atoms with E-state index in [0.717, 1.165) is 12.8 Å². The first-order valence-electron chi connectivity index (χ1n) is 4.51. The van der Waals surface area contributed by atoms with Gasteiger partial charge in [0.15, 0.2) is 0 Å². The van der Waals surface area contributed by atoms with Crippen LogP contribution in [0.2, 0.25) is 0 Å². The molecule has 1 N–H and O–H groups in total. The number of unbranched alkanes of at least 4 members (excludes halogenated alkanes) is 1. The molecule has 0 aliphatic heterocycles. The first-order chi connectivity index (χ1) is 5.48. The molecule has 0 unspecified atom stereocenters. The summed E-state index contributed by atoms with van der Waals surface area (Å²) in [6, 6.07) is 0. The zero-order valence-corrected chi connectivity index (χ0v) is 8.65. The Labute approximate surface area is 75.8 Å². The van der Waals surface area contributed by atoms with Gasteiger partial charge in [0.05, 0.1) is 0 Å². The predicted molar refractivity (Wildman–Crippen MR) is 53.0 cm³/mol. The average molecular weight is 168 g/mol. The highest BCUT2D eigenvalue weighted by molar-refractivity contribution is 5.06. The Balaban J connectivity index is 4.07. The standard InChI is InChI=1S/C11H20O/c1-10(11(2,3)4)8-6-5-7-9-12/h6,12H,5,7,9H2,1-4H3. The van der Waals surface area contributed by atoms with E-state index in [0.29, 0.717) is 0 Å². The number of aliphatic hydroxyl groups excluding tert-OH is 1. The van der Waals surface area contributed by atoms with Crippen LogP contribution in [-0.2, 0) is 0 Å². The van der Waals surface area contributed by atoms with Crippen LogP contribution in [0.15, 0.2) is 17.4 Å². The highest BCUT2D eigenvalue weighted by atomic mass is 16.2. The van der Waals surface area contributed by atoms with E-state index in [1.165, 1.54) is 5.57 Å². The molecular weight excluding hydrogens is 148 g/mol. The van der Waals surface area contributed by atoms with Crippen molar-refractivity contribution in [2.75, 3.05) is 6.61 Å². The molecule has 70 valence electrons. The van der Waals surface area contributed by atoms with E-state index in [1.54, 1.807) is 0 Å². The molecule has 0 fully saturated rings. The van der Waals surface area contributed by atoms with Crippen molar-refractivity contribution in [3.8, 4) is 0 Å². The SMILES string of the molecule is CC(=C=CCCCO)C(C)(C)C. The van der Waals surface area contributed by atoms with Crippen LogP contribution < -0.4 is 0 Å². The van der Waals surface area contributed by atoms with Gasteiger partial charge in [0.25, 0.3) is 0 Å². The fraction of sp³-hybridized carbons (Fsp3) is 0.727. The van der Waals surface area contributed by atoms with Gasteiger partial charge in [0, 0.05) is 6.61 Å². The first kappa shape index (κ1) is 11.5. The number of hydrogen-bond donors (Lipinski definition) is 1. The third-order valence-electron chi connectivity index (χ3n) is 1.95. The lowest BCUT2D eigenvalue weighted by Crippen LogP contribution is -2.04. The van der Waals surface area contributed by atoms with Crippen molar-refractivity contribution in [3.05, 3.63) is 17.4 Å². The lowest BCUT2D eigenvalue weighted by Gasteiger charge is -2.16. The molecule has 1 nitrogen and oxygen atoms in total. The normalized spacial score (nSPS) is 10.8. The fourth-order valence-electron chi connectivity index (χ4n) is 0.635. The van der Waals surface area contributed by atoms with Crippen LogP contribution in [0, 0.1) is 5.41 Å². The molecule has 0 aromatic heterocycles. The van der Waals surface area contributed by atoms with E-state index in [-0.39, 0.29) is 12.0 Å². The quantitative estimate of drug-likeness (QED) is 0.507. The Kier molecular flexibility index (Phi) is 4.96. The zero-order chi connectivity index (χ0) is 9.61. The summed E-state index contributed by atoms with van der Waals surface area (Å²) in [4.78, 5) is 0. The van der Waals surface area contributed by atoms with Crippen molar-refractivity contribution in [3.63, 3.8) is 0 Å². The molecular formula is C11H20O. The van der Waals surface area contributed by atoms with Crippen molar-refractivity contribution < 1.29 is 5.11 Å².